The highest BCUT2D eigenvalue weighted by Crippen LogP contribution is 2.56. The van der Waals surface area contributed by atoms with Crippen LogP contribution in [-0.2, 0) is 0 Å². The molecule has 0 radical (unpaired) electrons. The van der Waals surface area contributed by atoms with Crippen molar-refractivity contribution in [1.82, 2.24) is 0 Å². The highest BCUT2D eigenvalue weighted by atomic mass is 16.3. The summed E-state index contributed by atoms with van der Waals surface area (Å²) in [4.78, 5) is 0. The van der Waals surface area contributed by atoms with Gasteiger partial charge in [0.2, 0.25) is 0 Å². The maximum atomic E-state index is 6.56. The van der Waals surface area contributed by atoms with Gasteiger partial charge in [-0.1, -0.05) is 24.3 Å². The second-order valence-corrected chi connectivity index (χ2v) is 6.87. The van der Waals surface area contributed by atoms with Gasteiger partial charge in [-0.3, -0.25) is 0 Å². The number of hydrogen-bond acceptors (Lipinski definition) is 2. The summed E-state index contributed by atoms with van der Waals surface area (Å²) in [6.45, 7) is 0. The monoisotopic (exact) mass is 277 g/mol. The molecule has 5 rings (SSSR count). The van der Waals surface area contributed by atoms with Gasteiger partial charge in [0, 0.05) is 16.8 Å². The first kappa shape index (κ1) is 11.8. The van der Waals surface area contributed by atoms with Crippen LogP contribution < -0.4 is 5.73 Å². The predicted molar refractivity (Wildman–Crippen MR) is 85.0 cm³/mol. The quantitative estimate of drug-likeness (QED) is 0.741. The molecule has 2 aliphatic rings. The summed E-state index contributed by atoms with van der Waals surface area (Å²) in [6.07, 6.45) is 4.11. The molecule has 2 aromatic carbocycles. The highest BCUT2D eigenvalue weighted by molar-refractivity contribution is 6.05. The van der Waals surface area contributed by atoms with Crippen LogP contribution in [0.4, 0.5) is 0 Å². The van der Waals surface area contributed by atoms with Crippen molar-refractivity contribution in [3.63, 3.8) is 0 Å². The number of furan rings is 1. The maximum absolute atomic E-state index is 6.56. The molecule has 3 aromatic rings. The summed E-state index contributed by atoms with van der Waals surface area (Å²) in [6, 6.07) is 14.9. The van der Waals surface area contributed by atoms with E-state index < -0.39 is 0 Å². The maximum Gasteiger partial charge on any atom is 0.135 e. The van der Waals surface area contributed by atoms with Crippen molar-refractivity contribution in [2.75, 3.05) is 0 Å². The summed E-state index contributed by atoms with van der Waals surface area (Å²) in [5.74, 6) is 2.64. The lowest BCUT2D eigenvalue weighted by Crippen LogP contribution is -2.20. The fraction of sp³-hybridized carbons (Fsp3) is 0.368. The minimum atomic E-state index is 0.177. The smallest absolute Gasteiger partial charge is 0.135 e. The minimum absolute atomic E-state index is 0.177. The van der Waals surface area contributed by atoms with E-state index in [9.17, 15) is 0 Å². The number of fused-ring (bicyclic) bond motifs is 4. The molecule has 0 bridgehead atoms. The molecule has 2 aliphatic carbocycles. The summed E-state index contributed by atoms with van der Waals surface area (Å²) in [5, 5.41) is 2.39. The van der Waals surface area contributed by atoms with E-state index >= 15 is 0 Å². The number of nitrogens with two attached hydrogens (primary N) is 1. The Hall–Kier alpha value is -1.80. The SMILES string of the molecule is NC(c1ccc2oc3ccccc3c2c1)C1CC2CC2C1. The van der Waals surface area contributed by atoms with Gasteiger partial charge < -0.3 is 10.2 Å². The van der Waals surface area contributed by atoms with E-state index in [0.717, 1.165) is 23.0 Å². The number of rotatable bonds is 2. The fourth-order valence-electron chi connectivity index (χ4n) is 4.28. The van der Waals surface area contributed by atoms with Gasteiger partial charge in [0.15, 0.2) is 0 Å². The van der Waals surface area contributed by atoms with E-state index in [1.807, 2.05) is 12.1 Å². The van der Waals surface area contributed by atoms with Crippen LogP contribution in [-0.4, -0.2) is 0 Å². The molecule has 21 heavy (non-hydrogen) atoms. The second-order valence-electron chi connectivity index (χ2n) is 6.87. The molecule has 0 amide bonds. The summed E-state index contributed by atoms with van der Waals surface area (Å²) < 4.78 is 5.90. The van der Waals surface area contributed by atoms with E-state index in [1.54, 1.807) is 0 Å². The van der Waals surface area contributed by atoms with Crippen LogP contribution in [0.3, 0.4) is 0 Å². The fourth-order valence-corrected chi connectivity index (χ4v) is 4.28. The van der Waals surface area contributed by atoms with Gasteiger partial charge in [0.1, 0.15) is 11.2 Å². The largest absolute Gasteiger partial charge is 0.456 e. The standard InChI is InChI=1S/C19H19NO/c20-19(14-8-12-7-13(12)9-14)11-5-6-18-16(10-11)15-3-1-2-4-17(15)21-18/h1-6,10,12-14,19H,7-9,20H2. The average Bonchev–Trinajstić information content (AvgIpc) is 2.97. The molecule has 1 aromatic heterocycles. The van der Waals surface area contributed by atoms with Crippen molar-refractivity contribution in [1.29, 1.82) is 0 Å². The van der Waals surface area contributed by atoms with Crippen LogP contribution in [0.2, 0.25) is 0 Å². The zero-order valence-electron chi connectivity index (χ0n) is 12.0. The Morgan fingerprint density at radius 3 is 2.52 bits per heavy atom. The normalized spacial score (nSPS) is 28.9. The third kappa shape index (κ3) is 1.75. The van der Waals surface area contributed by atoms with Crippen molar-refractivity contribution in [2.24, 2.45) is 23.5 Å². The van der Waals surface area contributed by atoms with E-state index in [2.05, 4.69) is 30.3 Å². The van der Waals surface area contributed by atoms with Gasteiger partial charge in [-0.15, -0.1) is 0 Å². The Kier molecular flexibility index (Phi) is 2.31. The third-order valence-corrected chi connectivity index (χ3v) is 5.57. The van der Waals surface area contributed by atoms with Crippen LogP contribution in [0.15, 0.2) is 46.9 Å². The molecule has 2 fully saturated rings. The number of benzene rings is 2. The van der Waals surface area contributed by atoms with E-state index in [4.69, 9.17) is 10.2 Å². The highest BCUT2D eigenvalue weighted by Gasteiger charge is 2.47. The van der Waals surface area contributed by atoms with Crippen molar-refractivity contribution in [3.8, 4) is 0 Å². The van der Waals surface area contributed by atoms with Crippen LogP contribution in [0.5, 0.6) is 0 Å². The Balaban J connectivity index is 1.58. The molecule has 0 saturated heterocycles. The lowest BCUT2D eigenvalue weighted by molar-refractivity contribution is 0.404. The van der Waals surface area contributed by atoms with Crippen molar-refractivity contribution in [3.05, 3.63) is 48.0 Å². The predicted octanol–water partition coefficient (Wildman–Crippen LogP) is 4.63. The Morgan fingerprint density at radius 2 is 1.67 bits per heavy atom. The molecule has 1 heterocycles. The molecule has 2 saturated carbocycles. The molecule has 2 nitrogen and oxygen atoms in total. The first-order valence-electron chi connectivity index (χ1n) is 7.96. The first-order chi connectivity index (χ1) is 10.3. The second kappa shape index (κ2) is 4.11. The lowest BCUT2D eigenvalue weighted by Gasteiger charge is -2.21. The molecule has 0 spiro atoms. The van der Waals surface area contributed by atoms with E-state index in [1.165, 1.54) is 35.6 Å². The average molecular weight is 277 g/mol. The Bertz CT molecular complexity index is 824. The minimum Gasteiger partial charge on any atom is -0.456 e. The molecule has 106 valence electrons. The van der Waals surface area contributed by atoms with Crippen LogP contribution in [0.1, 0.15) is 30.9 Å². The molecular formula is C19H19NO. The molecular weight excluding hydrogens is 258 g/mol. The molecule has 3 unspecified atom stereocenters. The first-order valence-corrected chi connectivity index (χ1v) is 7.96. The Morgan fingerprint density at radius 1 is 0.905 bits per heavy atom. The Labute approximate surface area is 123 Å². The van der Waals surface area contributed by atoms with Crippen molar-refractivity contribution < 1.29 is 4.42 Å². The summed E-state index contributed by atoms with van der Waals surface area (Å²) >= 11 is 0. The van der Waals surface area contributed by atoms with Crippen LogP contribution >= 0.6 is 0 Å². The summed E-state index contributed by atoms with van der Waals surface area (Å²) in [5.41, 5.74) is 9.74. The third-order valence-electron chi connectivity index (χ3n) is 5.57. The van der Waals surface area contributed by atoms with Crippen molar-refractivity contribution in [2.45, 2.75) is 25.3 Å². The van der Waals surface area contributed by atoms with Gasteiger partial charge >= 0.3 is 0 Å². The van der Waals surface area contributed by atoms with E-state index in [-0.39, 0.29) is 6.04 Å². The number of hydrogen-bond donors (Lipinski definition) is 1. The zero-order valence-corrected chi connectivity index (χ0v) is 12.0. The summed E-state index contributed by atoms with van der Waals surface area (Å²) in [7, 11) is 0. The van der Waals surface area contributed by atoms with Crippen LogP contribution in [0, 0.1) is 17.8 Å². The molecule has 3 atom stereocenters. The zero-order chi connectivity index (χ0) is 14.0. The van der Waals surface area contributed by atoms with E-state index in [0.29, 0.717) is 5.92 Å². The molecule has 0 aliphatic heterocycles. The van der Waals surface area contributed by atoms with Gasteiger partial charge in [-0.05, 0) is 60.8 Å². The molecule has 2 heteroatoms. The van der Waals surface area contributed by atoms with Gasteiger partial charge in [0.25, 0.3) is 0 Å². The van der Waals surface area contributed by atoms with Crippen LogP contribution in [0.25, 0.3) is 21.9 Å². The van der Waals surface area contributed by atoms with Gasteiger partial charge in [0.05, 0.1) is 0 Å². The van der Waals surface area contributed by atoms with Gasteiger partial charge in [-0.2, -0.15) is 0 Å². The van der Waals surface area contributed by atoms with Crippen molar-refractivity contribution >= 4 is 21.9 Å². The van der Waals surface area contributed by atoms with Gasteiger partial charge in [-0.25, -0.2) is 0 Å². The topological polar surface area (TPSA) is 39.2 Å². The molecule has 2 N–H and O–H groups in total. The number of para-hydroxylation sites is 1. The lowest BCUT2D eigenvalue weighted by atomic mass is 9.89.